The van der Waals surface area contributed by atoms with Crippen LogP contribution >= 0.6 is 0 Å². The van der Waals surface area contributed by atoms with Crippen LogP contribution in [0.1, 0.15) is 37.5 Å². The van der Waals surface area contributed by atoms with Gasteiger partial charge in [-0.3, -0.25) is 0 Å². The van der Waals surface area contributed by atoms with Crippen LogP contribution in [0.3, 0.4) is 0 Å². The lowest BCUT2D eigenvalue weighted by Gasteiger charge is -2.25. The van der Waals surface area contributed by atoms with E-state index in [9.17, 15) is 10.1 Å². The summed E-state index contributed by atoms with van der Waals surface area (Å²) in [5, 5.41) is 9.22. The summed E-state index contributed by atoms with van der Waals surface area (Å²) in [5.41, 5.74) is 6.01. The molecule has 0 saturated carbocycles. The molecule has 1 aliphatic rings. The number of rotatable bonds is 2. The maximum Gasteiger partial charge on any atom is 0.343 e. The second kappa shape index (κ2) is 4.81. The molecule has 2 heterocycles. The number of hydrogen-bond donors (Lipinski definition) is 1. The molecule has 0 fully saturated rings. The fourth-order valence-corrected chi connectivity index (χ4v) is 2.32. The first-order valence-electron chi connectivity index (χ1n) is 6.16. The Morgan fingerprint density at radius 1 is 1.53 bits per heavy atom. The number of allylic oxidation sites excluding steroid dienone is 1. The van der Waals surface area contributed by atoms with Crippen molar-refractivity contribution in [1.29, 1.82) is 5.26 Å². The van der Waals surface area contributed by atoms with Crippen molar-refractivity contribution in [3.8, 4) is 11.8 Å². The van der Waals surface area contributed by atoms with E-state index in [0.29, 0.717) is 35.0 Å². The third-order valence-corrected chi connectivity index (χ3v) is 3.08. The highest BCUT2D eigenvalue weighted by Gasteiger charge is 2.33. The Kier molecular flexibility index (Phi) is 3.34. The molecule has 5 heteroatoms. The Morgan fingerprint density at radius 2 is 2.21 bits per heavy atom. The van der Waals surface area contributed by atoms with Gasteiger partial charge in [0.2, 0.25) is 5.88 Å². The van der Waals surface area contributed by atoms with Gasteiger partial charge < -0.3 is 14.9 Å². The van der Waals surface area contributed by atoms with Crippen molar-refractivity contribution in [2.24, 2.45) is 11.7 Å². The Labute approximate surface area is 111 Å². The topological polar surface area (TPSA) is 89.2 Å². The second-order valence-electron chi connectivity index (χ2n) is 5.10. The highest BCUT2D eigenvalue weighted by Crippen LogP contribution is 2.39. The van der Waals surface area contributed by atoms with Gasteiger partial charge in [0, 0.05) is 12.0 Å². The maximum atomic E-state index is 12.0. The van der Waals surface area contributed by atoms with Gasteiger partial charge in [0.25, 0.3) is 0 Å². The molecule has 0 saturated heterocycles. The standard InChI is InChI=1S/C14H16N2O3/c1-7(2)4-9-10(6-15)13(16)19-11-5-8(3)18-14(17)12(9)11/h5,7,9H,4,16H2,1-3H3/t9-/m0/s1. The SMILES string of the molecule is Cc1cc2c(c(=O)o1)[C@@H](CC(C)C)C(C#N)=C(N)O2. The van der Waals surface area contributed by atoms with Gasteiger partial charge in [-0.05, 0) is 19.3 Å². The van der Waals surface area contributed by atoms with E-state index in [1.807, 2.05) is 19.9 Å². The summed E-state index contributed by atoms with van der Waals surface area (Å²) in [7, 11) is 0. The van der Waals surface area contributed by atoms with Crippen molar-refractivity contribution in [3.05, 3.63) is 39.3 Å². The minimum atomic E-state index is -0.458. The molecule has 0 aromatic carbocycles. The zero-order valence-corrected chi connectivity index (χ0v) is 11.2. The molecule has 1 aliphatic heterocycles. The molecule has 1 aromatic heterocycles. The van der Waals surface area contributed by atoms with Gasteiger partial charge in [-0.25, -0.2) is 4.79 Å². The molecule has 2 rings (SSSR count). The van der Waals surface area contributed by atoms with E-state index < -0.39 is 5.63 Å². The molecule has 0 aliphatic carbocycles. The van der Waals surface area contributed by atoms with E-state index >= 15 is 0 Å². The predicted molar refractivity (Wildman–Crippen MR) is 69.4 cm³/mol. The number of nitrogens with zero attached hydrogens (tertiary/aromatic N) is 1. The lowest BCUT2D eigenvalue weighted by Crippen LogP contribution is -2.26. The molecule has 0 radical (unpaired) electrons. The van der Waals surface area contributed by atoms with Gasteiger partial charge in [-0.1, -0.05) is 13.8 Å². The summed E-state index contributed by atoms with van der Waals surface area (Å²) in [6, 6.07) is 3.67. The van der Waals surface area contributed by atoms with Crippen molar-refractivity contribution in [2.45, 2.75) is 33.1 Å². The van der Waals surface area contributed by atoms with Gasteiger partial charge in [-0.15, -0.1) is 0 Å². The summed E-state index contributed by atoms with van der Waals surface area (Å²) in [6.45, 7) is 5.72. The third kappa shape index (κ3) is 2.34. The Bertz CT molecular complexity index is 635. The average molecular weight is 260 g/mol. The van der Waals surface area contributed by atoms with E-state index in [0.717, 1.165) is 0 Å². The first-order chi connectivity index (χ1) is 8.93. The van der Waals surface area contributed by atoms with Gasteiger partial charge >= 0.3 is 5.63 Å². The van der Waals surface area contributed by atoms with Gasteiger partial charge in [0.05, 0.1) is 11.1 Å². The number of hydrogen-bond acceptors (Lipinski definition) is 5. The molecule has 5 nitrogen and oxygen atoms in total. The molecule has 100 valence electrons. The van der Waals surface area contributed by atoms with Crippen LogP contribution in [0.5, 0.6) is 5.75 Å². The Morgan fingerprint density at radius 3 is 2.79 bits per heavy atom. The molecule has 0 amide bonds. The average Bonchev–Trinajstić information content (AvgIpc) is 2.26. The fraction of sp³-hybridized carbons (Fsp3) is 0.429. The van der Waals surface area contributed by atoms with Crippen molar-refractivity contribution in [2.75, 3.05) is 0 Å². The fourth-order valence-electron chi connectivity index (χ4n) is 2.32. The smallest absolute Gasteiger partial charge is 0.343 e. The number of fused-ring (bicyclic) bond motifs is 1. The van der Waals surface area contributed by atoms with Crippen molar-refractivity contribution in [1.82, 2.24) is 0 Å². The monoisotopic (exact) mass is 260 g/mol. The third-order valence-electron chi connectivity index (χ3n) is 3.08. The van der Waals surface area contributed by atoms with Gasteiger partial charge in [0.1, 0.15) is 17.6 Å². The van der Waals surface area contributed by atoms with Crippen molar-refractivity contribution in [3.63, 3.8) is 0 Å². The largest absolute Gasteiger partial charge is 0.440 e. The summed E-state index contributed by atoms with van der Waals surface area (Å²) >= 11 is 0. The van der Waals surface area contributed by atoms with Crippen LogP contribution in [0.2, 0.25) is 0 Å². The van der Waals surface area contributed by atoms with Crippen molar-refractivity contribution < 1.29 is 9.15 Å². The summed E-state index contributed by atoms with van der Waals surface area (Å²) < 4.78 is 10.5. The molecular formula is C14H16N2O3. The van der Waals surface area contributed by atoms with Gasteiger partial charge in [-0.2, -0.15) is 5.26 Å². The van der Waals surface area contributed by atoms with E-state index in [-0.39, 0.29) is 11.8 Å². The highest BCUT2D eigenvalue weighted by molar-refractivity contribution is 5.48. The quantitative estimate of drug-likeness (QED) is 0.880. The zero-order chi connectivity index (χ0) is 14.2. The number of aryl methyl sites for hydroxylation is 1. The Balaban J connectivity index is 2.63. The molecule has 1 aromatic rings. The number of nitriles is 1. The van der Waals surface area contributed by atoms with Crippen LogP contribution in [0, 0.1) is 24.2 Å². The normalized spacial score (nSPS) is 17.9. The van der Waals surface area contributed by atoms with E-state index in [1.165, 1.54) is 0 Å². The number of nitrogens with two attached hydrogens (primary N) is 1. The lowest BCUT2D eigenvalue weighted by atomic mass is 9.84. The molecule has 2 N–H and O–H groups in total. The Hall–Kier alpha value is -2.22. The summed E-state index contributed by atoms with van der Waals surface area (Å²) in [5.74, 6) is 0.889. The highest BCUT2D eigenvalue weighted by atomic mass is 16.5. The van der Waals surface area contributed by atoms with E-state index in [2.05, 4.69) is 0 Å². The van der Waals surface area contributed by atoms with Crippen LogP contribution in [0.25, 0.3) is 0 Å². The lowest BCUT2D eigenvalue weighted by molar-refractivity contribution is 0.355. The second-order valence-corrected chi connectivity index (χ2v) is 5.10. The molecule has 0 unspecified atom stereocenters. The minimum absolute atomic E-state index is 0.0747. The van der Waals surface area contributed by atoms with Crippen molar-refractivity contribution >= 4 is 0 Å². The van der Waals surface area contributed by atoms with Crippen LogP contribution in [0.15, 0.2) is 26.7 Å². The molecule has 1 atom stereocenters. The summed E-state index contributed by atoms with van der Waals surface area (Å²) in [6.07, 6.45) is 0.647. The van der Waals surface area contributed by atoms with Crippen LogP contribution in [-0.4, -0.2) is 0 Å². The minimum Gasteiger partial charge on any atom is -0.440 e. The van der Waals surface area contributed by atoms with E-state index in [1.54, 1.807) is 13.0 Å². The first kappa shape index (κ1) is 13.2. The summed E-state index contributed by atoms with van der Waals surface area (Å²) in [4.78, 5) is 12.0. The zero-order valence-electron chi connectivity index (χ0n) is 11.2. The van der Waals surface area contributed by atoms with Crippen LogP contribution in [0.4, 0.5) is 0 Å². The van der Waals surface area contributed by atoms with Crippen LogP contribution < -0.4 is 16.1 Å². The molecular weight excluding hydrogens is 244 g/mol. The predicted octanol–water partition coefficient (Wildman–Crippen LogP) is 2.16. The molecule has 0 bridgehead atoms. The molecule has 0 spiro atoms. The number of ether oxygens (including phenoxy) is 1. The molecule has 19 heavy (non-hydrogen) atoms. The maximum absolute atomic E-state index is 12.0. The van der Waals surface area contributed by atoms with E-state index in [4.69, 9.17) is 14.9 Å². The van der Waals surface area contributed by atoms with Gasteiger partial charge in [0.15, 0.2) is 0 Å². The first-order valence-corrected chi connectivity index (χ1v) is 6.16. The van der Waals surface area contributed by atoms with Crippen LogP contribution in [-0.2, 0) is 0 Å².